The summed E-state index contributed by atoms with van der Waals surface area (Å²) in [6.07, 6.45) is 10.2. The molecule has 0 amide bonds. The minimum Gasteiger partial charge on any atom is -0.455 e. The Labute approximate surface area is 122 Å². The molecule has 0 unspecified atom stereocenters. The molecule has 1 N–H and O–H groups in total. The van der Waals surface area contributed by atoms with E-state index in [4.69, 9.17) is 16.3 Å². The van der Waals surface area contributed by atoms with E-state index in [1.54, 1.807) is 6.20 Å². The number of ether oxygens (including phenoxy) is 1. The van der Waals surface area contributed by atoms with Gasteiger partial charge in [-0.1, -0.05) is 11.6 Å². The monoisotopic (exact) mass is 292 g/mol. The lowest BCUT2D eigenvalue weighted by Gasteiger charge is -2.48. The lowest BCUT2D eigenvalue weighted by atomic mass is 9.62. The predicted molar refractivity (Wildman–Crippen MR) is 75.0 cm³/mol. The highest BCUT2D eigenvalue weighted by Gasteiger charge is 2.57. The van der Waals surface area contributed by atoms with Crippen LogP contribution in [0, 0.1) is 11.8 Å². The smallest absolute Gasteiger partial charge is 0.316 e. The van der Waals surface area contributed by atoms with Crippen LogP contribution in [0.5, 0.6) is 0 Å². The quantitative estimate of drug-likeness (QED) is 0.744. The molecule has 106 valence electrons. The Morgan fingerprint density at radius 2 is 2.20 bits per heavy atom. The first-order valence-corrected chi connectivity index (χ1v) is 7.80. The number of allylic oxidation sites excluding steroid dienone is 2. The maximum absolute atomic E-state index is 6.36. The van der Waals surface area contributed by atoms with E-state index >= 15 is 0 Å². The predicted octanol–water partition coefficient (Wildman–Crippen LogP) is 2.29. The molecule has 1 saturated heterocycles. The summed E-state index contributed by atoms with van der Waals surface area (Å²) in [4.78, 5) is 4.58. The first-order chi connectivity index (χ1) is 9.73. The van der Waals surface area contributed by atoms with Crippen LogP contribution in [0.25, 0.3) is 0 Å². The SMILES string of the molecule is ClC1=CNN2C(=C1)N=C1O[C@@]3(CC4CCC3CC4)CN12. The van der Waals surface area contributed by atoms with E-state index in [1.165, 1.54) is 32.1 Å². The number of fused-ring (bicyclic) bond motifs is 5. The van der Waals surface area contributed by atoms with Crippen molar-refractivity contribution in [3.8, 4) is 0 Å². The molecular weight excluding hydrogens is 276 g/mol. The molecule has 3 aliphatic carbocycles. The van der Waals surface area contributed by atoms with Gasteiger partial charge >= 0.3 is 6.02 Å². The van der Waals surface area contributed by atoms with Gasteiger partial charge in [-0.25, -0.2) is 5.01 Å². The van der Waals surface area contributed by atoms with Crippen molar-refractivity contribution >= 4 is 17.6 Å². The standard InChI is InChI=1S/C14H17ClN4O/c15-11-5-12-17-13-18(19(12)16-7-11)8-14(20-13)6-9-1-3-10(14)4-2-9/h5,7,9-10,16H,1-4,6,8H2/t9?,10?,14-/m0/s1. The molecule has 20 heavy (non-hydrogen) atoms. The van der Waals surface area contributed by atoms with E-state index in [0.29, 0.717) is 11.0 Å². The summed E-state index contributed by atoms with van der Waals surface area (Å²) >= 11 is 6.00. The molecule has 0 aromatic rings. The summed E-state index contributed by atoms with van der Waals surface area (Å²) in [6, 6.07) is 0.732. The van der Waals surface area contributed by atoms with E-state index in [0.717, 1.165) is 24.3 Å². The third-order valence-electron chi connectivity index (χ3n) is 5.42. The summed E-state index contributed by atoms with van der Waals surface area (Å²) in [7, 11) is 0. The molecule has 6 heteroatoms. The Morgan fingerprint density at radius 1 is 1.35 bits per heavy atom. The maximum Gasteiger partial charge on any atom is 0.316 e. The normalized spacial score (nSPS) is 40.8. The Kier molecular flexibility index (Phi) is 2.06. The number of aliphatic imine (C=N–C) groups is 1. The van der Waals surface area contributed by atoms with Crippen molar-refractivity contribution in [3.63, 3.8) is 0 Å². The Hall–Kier alpha value is -1.36. The summed E-state index contributed by atoms with van der Waals surface area (Å²) in [5.74, 6) is 2.35. The van der Waals surface area contributed by atoms with Gasteiger partial charge in [0.15, 0.2) is 5.82 Å². The minimum atomic E-state index is -0.00182. The molecule has 6 aliphatic rings. The molecule has 3 saturated carbocycles. The maximum atomic E-state index is 6.36. The Bertz CT molecular complexity index is 564. The largest absolute Gasteiger partial charge is 0.455 e. The second-order valence-electron chi connectivity index (χ2n) is 6.51. The summed E-state index contributed by atoms with van der Waals surface area (Å²) in [6.45, 7) is 0.906. The number of hydrogen-bond acceptors (Lipinski definition) is 5. The van der Waals surface area contributed by atoms with Crippen molar-refractivity contribution in [3.05, 3.63) is 23.1 Å². The van der Waals surface area contributed by atoms with Gasteiger partial charge in [0, 0.05) is 18.2 Å². The summed E-state index contributed by atoms with van der Waals surface area (Å²) in [5, 5.41) is 4.72. The Balaban J connectivity index is 1.48. The lowest BCUT2D eigenvalue weighted by molar-refractivity contribution is -0.0734. The van der Waals surface area contributed by atoms with Gasteiger partial charge in [0.05, 0.1) is 11.6 Å². The molecule has 0 aromatic heterocycles. The number of amidine groups is 1. The highest BCUT2D eigenvalue weighted by Crippen LogP contribution is 2.52. The molecule has 5 nitrogen and oxygen atoms in total. The molecular formula is C14H17ClN4O. The first-order valence-electron chi connectivity index (χ1n) is 7.42. The average Bonchev–Trinajstić information content (AvgIpc) is 2.93. The van der Waals surface area contributed by atoms with Crippen LogP contribution in [0.3, 0.4) is 0 Å². The average molecular weight is 293 g/mol. The van der Waals surface area contributed by atoms with Crippen molar-refractivity contribution in [1.29, 1.82) is 0 Å². The van der Waals surface area contributed by atoms with E-state index in [9.17, 15) is 0 Å². The molecule has 3 heterocycles. The van der Waals surface area contributed by atoms with Crippen molar-refractivity contribution in [2.75, 3.05) is 6.54 Å². The molecule has 1 spiro atoms. The van der Waals surface area contributed by atoms with E-state index in [-0.39, 0.29) is 5.60 Å². The van der Waals surface area contributed by atoms with Crippen LogP contribution in [0.2, 0.25) is 0 Å². The second-order valence-corrected chi connectivity index (χ2v) is 6.95. The molecule has 6 rings (SSSR count). The van der Waals surface area contributed by atoms with Gasteiger partial charge in [-0.05, 0) is 38.0 Å². The third kappa shape index (κ3) is 1.36. The molecule has 0 aromatic carbocycles. The van der Waals surface area contributed by atoms with E-state index in [1.807, 2.05) is 11.2 Å². The van der Waals surface area contributed by atoms with E-state index < -0.39 is 0 Å². The van der Waals surface area contributed by atoms with Crippen LogP contribution >= 0.6 is 11.6 Å². The summed E-state index contributed by atoms with van der Waals surface area (Å²) < 4.78 is 6.36. The van der Waals surface area contributed by atoms with E-state index in [2.05, 4.69) is 15.4 Å². The van der Waals surface area contributed by atoms with Gasteiger partial charge in [0.1, 0.15) is 5.60 Å². The van der Waals surface area contributed by atoms with Crippen molar-refractivity contribution < 1.29 is 4.74 Å². The fraction of sp³-hybridized carbons (Fsp3) is 0.643. The van der Waals surface area contributed by atoms with Crippen LogP contribution in [0.4, 0.5) is 0 Å². The zero-order valence-corrected chi connectivity index (χ0v) is 11.9. The zero-order valence-electron chi connectivity index (χ0n) is 11.2. The zero-order chi connectivity index (χ0) is 13.3. The number of rotatable bonds is 0. The third-order valence-corrected chi connectivity index (χ3v) is 5.64. The van der Waals surface area contributed by atoms with Gasteiger partial charge in [-0.3, -0.25) is 5.43 Å². The second kappa shape index (κ2) is 3.64. The number of hydrogen-bond donors (Lipinski definition) is 1. The topological polar surface area (TPSA) is 40.1 Å². The highest BCUT2D eigenvalue weighted by atomic mass is 35.5. The fourth-order valence-corrected chi connectivity index (χ4v) is 4.62. The van der Waals surface area contributed by atoms with Gasteiger partial charge < -0.3 is 4.74 Å². The van der Waals surface area contributed by atoms with Gasteiger partial charge in [-0.2, -0.15) is 10.1 Å². The number of halogens is 1. The van der Waals surface area contributed by atoms with Crippen molar-refractivity contribution in [1.82, 2.24) is 15.6 Å². The first kappa shape index (κ1) is 11.3. The number of hydrazine groups is 2. The van der Waals surface area contributed by atoms with Crippen molar-refractivity contribution in [2.24, 2.45) is 16.8 Å². The van der Waals surface area contributed by atoms with Gasteiger partial charge in [0.25, 0.3) is 0 Å². The van der Waals surface area contributed by atoms with Gasteiger partial charge in [-0.15, -0.1) is 0 Å². The minimum absolute atomic E-state index is 0.00182. The van der Waals surface area contributed by atoms with Crippen LogP contribution in [0.1, 0.15) is 32.1 Å². The molecule has 0 radical (unpaired) electrons. The summed E-state index contributed by atoms with van der Waals surface area (Å²) in [5.41, 5.74) is 3.17. The molecule has 2 bridgehead atoms. The van der Waals surface area contributed by atoms with Gasteiger partial charge in [0.2, 0.25) is 0 Å². The van der Waals surface area contributed by atoms with Crippen LogP contribution < -0.4 is 5.43 Å². The molecule has 1 atom stereocenters. The van der Waals surface area contributed by atoms with Crippen molar-refractivity contribution in [2.45, 2.75) is 37.7 Å². The number of nitrogens with zero attached hydrogens (tertiary/aromatic N) is 3. The molecule has 4 fully saturated rings. The van der Waals surface area contributed by atoms with Crippen LogP contribution in [0.15, 0.2) is 28.1 Å². The fourth-order valence-electron chi connectivity index (χ4n) is 4.48. The Morgan fingerprint density at radius 3 is 2.95 bits per heavy atom. The lowest BCUT2D eigenvalue weighted by Crippen LogP contribution is -2.53. The molecule has 3 aliphatic heterocycles. The van der Waals surface area contributed by atoms with Crippen LogP contribution in [-0.4, -0.2) is 28.3 Å². The number of nitrogens with one attached hydrogen (secondary N) is 1. The van der Waals surface area contributed by atoms with Crippen LogP contribution in [-0.2, 0) is 4.74 Å². The highest BCUT2D eigenvalue weighted by molar-refractivity contribution is 6.31.